The number of amides is 3. The number of fused-ring (bicyclic) bond motifs is 1. The third-order valence-electron chi connectivity index (χ3n) is 3.86. The van der Waals surface area contributed by atoms with Gasteiger partial charge in [0.25, 0.3) is 5.92 Å². The van der Waals surface area contributed by atoms with Gasteiger partial charge >= 0.3 is 6.03 Å². The van der Waals surface area contributed by atoms with E-state index in [4.69, 9.17) is 0 Å². The van der Waals surface area contributed by atoms with Gasteiger partial charge in [0.15, 0.2) is 0 Å². The van der Waals surface area contributed by atoms with E-state index in [1.165, 1.54) is 0 Å². The first-order valence-electron chi connectivity index (χ1n) is 6.71. The minimum atomic E-state index is -3.13. The molecule has 1 aromatic rings. The Balaban J connectivity index is 1.78. The Kier molecular flexibility index (Phi) is 3.36. The van der Waals surface area contributed by atoms with Gasteiger partial charge in [0.2, 0.25) is 5.91 Å². The maximum absolute atomic E-state index is 14.2. The monoisotopic (exact) mass is 295 g/mol. The predicted octanol–water partition coefficient (Wildman–Crippen LogP) is 0.962. The molecular weight excluding hydrogens is 280 g/mol. The summed E-state index contributed by atoms with van der Waals surface area (Å²) in [6, 6.07) is 6.97. The number of carbonyl (C=O) groups is 2. The van der Waals surface area contributed by atoms with Crippen molar-refractivity contribution in [2.24, 2.45) is 5.92 Å². The molecule has 2 fully saturated rings. The molecule has 0 aromatic heterocycles. The van der Waals surface area contributed by atoms with Gasteiger partial charge in [0, 0.05) is 13.1 Å². The van der Waals surface area contributed by atoms with Crippen LogP contribution in [0.5, 0.6) is 0 Å². The molecule has 0 bridgehead atoms. The number of hydrogen-bond donors (Lipinski definition) is 2. The Morgan fingerprint density at radius 1 is 1.24 bits per heavy atom. The second-order valence-electron chi connectivity index (χ2n) is 5.46. The zero-order valence-corrected chi connectivity index (χ0v) is 11.2. The Morgan fingerprint density at radius 2 is 1.95 bits per heavy atom. The number of hydrogen-bond acceptors (Lipinski definition) is 3. The number of likely N-dealkylation sites (tertiary alicyclic amines) is 1. The van der Waals surface area contributed by atoms with Crippen LogP contribution in [0, 0.1) is 5.92 Å². The molecule has 2 aliphatic rings. The fraction of sp³-hybridized carbons (Fsp3) is 0.429. The first kappa shape index (κ1) is 13.9. The van der Waals surface area contributed by atoms with Gasteiger partial charge < -0.3 is 5.32 Å². The molecule has 0 aliphatic carbocycles. The van der Waals surface area contributed by atoms with Crippen molar-refractivity contribution in [3.05, 3.63) is 35.9 Å². The largest absolute Gasteiger partial charge is 0.328 e. The van der Waals surface area contributed by atoms with Gasteiger partial charge in [-0.15, -0.1) is 0 Å². The van der Waals surface area contributed by atoms with E-state index >= 15 is 0 Å². The molecule has 0 spiro atoms. The van der Waals surface area contributed by atoms with E-state index in [1.54, 1.807) is 4.90 Å². The van der Waals surface area contributed by atoms with E-state index in [0.29, 0.717) is 6.54 Å². The first-order chi connectivity index (χ1) is 9.95. The van der Waals surface area contributed by atoms with Crippen LogP contribution in [-0.2, 0) is 11.3 Å². The number of halogens is 2. The van der Waals surface area contributed by atoms with E-state index in [-0.39, 0.29) is 6.54 Å². The summed E-state index contributed by atoms with van der Waals surface area (Å²) < 4.78 is 28.4. The maximum Gasteiger partial charge on any atom is 0.321 e. The molecule has 2 aliphatic heterocycles. The summed E-state index contributed by atoms with van der Waals surface area (Å²) in [6.07, 6.45) is 0. The van der Waals surface area contributed by atoms with Crippen molar-refractivity contribution in [2.75, 3.05) is 13.1 Å². The van der Waals surface area contributed by atoms with Crippen molar-refractivity contribution in [3.8, 4) is 0 Å². The quantitative estimate of drug-likeness (QED) is 0.854. The number of nitrogens with one attached hydrogen (secondary N) is 2. The molecule has 0 radical (unpaired) electrons. The van der Waals surface area contributed by atoms with Crippen LogP contribution in [0.25, 0.3) is 0 Å². The van der Waals surface area contributed by atoms with E-state index in [9.17, 15) is 18.4 Å². The lowest BCUT2D eigenvalue weighted by atomic mass is 9.87. The van der Waals surface area contributed by atoms with E-state index in [2.05, 4.69) is 10.6 Å². The summed E-state index contributed by atoms with van der Waals surface area (Å²) >= 11 is 0. The van der Waals surface area contributed by atoms with Crippen LogP contribution in [-0.4, -0.2) is 41.9 Å². The normalized spacial score (nSPS) is 28.5. The number of piperidine rings is 1. The van der Waals surface area contributed by atoms with Crippen molar-refractivity contribution < 1.29 is 18.4 Å². The van der Waals surface area contributed by atoms with Crippen LogP contribution in [0.3, 0.4) is 0 Å². The molecule has 2 saturated heterocycles. The number of carbonyl (C=O) groups excluding carboxylic acids is 2. The Morgan fingerprint density at radius 3 is 2.67 bits per heavy atom. The summed E-state index contributed by atoms with van der Waals surface area (Å²) in [5, 5.41) is 4.23. The number of imide groups is 1. The first-order valence-corrected chi connectivity index (χ1v) is 6.71. The molecule has 112 valence electrons. The van der Waals surface area contributed by atoms with Gasteiger partial charge in [-0.3, -0.25) is 15.0 Å². The second kappa shape index (κ2) is 5.07. The van der Waals surface area contributed by atoms with Gasteiger partial charge in [-0.25, -0.2) is 13.6 Å². The molecular formula is C14H15F2N3O2. The summed E-state index contributed by atoms with van der Waals surface area (Å²) in [5.74, 6) is -4.71. The average Bonchev–Trinajstić information content (AvgIpc) is 2.41. The Hall–Kier alpha value is -2.02. The lowest BCUT2D eigenvalue weighted by Crippen LogP contribution is -2.70. The zero-order chi connectivity index (χ0) is 15.0. The fourth-order valence-electron chi connectivity index (χ4n) is 2.92. The highest BCUT2D eigenvalue weighted by molar-refractivity contribution is 5.98. The third-order valence-corrected chi connectivity index (χ3v) is 3.86. The fourth-order valence-corrected chi connectivity index (χ4v) is 2.92. The zero-order valence-electron chi connectivity index (χ0n) is 11.2. The smallest absolute Gasteiger partial charge is 0.321 e. The lowest BCUT2D eigenvalue weighted by molar-refractivity contribution is -0.147. The molecule has 21 heavy (non-hydrogen) atoms. The minimum absolute atomic E-state index is 0.196. The molecule has 7 heteroatoms. The molecule has 0 saturated carbocycles. The third kappa shape index (κ3) is 2.73. The van der Waals surface area contributed by atoms with E-state index in [0.717, 1.165) is 5.56 Å². The predicted molar refractivity (Wildman–Crippen MR) is 70.6 cm³/mol. The van der Waals surface area contributed by atoms with Gasteiger partial charge in [0.05, 0.1) is 12.5 Å². The van der Waals surface area contributed by atoms with Crippen LogP contribution in [0.15, 0.2) is 30.3 Å². The summed E-state index contributed by atoms with van der Waals surface area (Å²) in [4.78, 5) is 24.5. The number of urea groups is 1. The number of benzene rings is 1. The number of alkyl halides is 2. The topological polar surface area (TPSA) is 61.4 Å². The van der Waals surface area contributed by atoms with Crippen LogP contribution in [0.4, 0.5) is 13.6 Å². The highest BCUT2D eigenvalue weighted by Crippen LogP contribution is 2.33. The van der Waals surface area contributed by atoms with E-state index < -0.39 is 36.4 Å². The molecule has 3 rings (SSSR count). The molecule has 3 amide bonds. The van der Waals surface area contributed by atoms with Crippen LogP contribution >= 0.6 is 0 Å². The Labute approximate surface area is 120 Å². The van der Waals surface area contributed by atoms with Gasteiger partial charge in [-0.05, 0) is 5.56 Å². The van der Waals surface area contributed by atoms with Gasteiger partial charge in [-0.2, -0.15) is 0 Å². The highest BCUT2D eigenvalue weighted by Gasteiger charge is 2.54. The number of nitrogens with zero attached hydrogens (tertiary/aromatic N) is 1. The maximum atomic E-state index is 14.2. The SMILES string of the molecule is O=C1NC(=O)C2CN(Cc3ccccc3)CC(F)(F)C2N1. The van der Waals surface area contributed by atoms with Crippen LogP contribution in [0.1, 0.15) is 5.56 Å². The summed E-state index contributed by atoms with van der Waals surface area (Å²) in [7, 11) is 0. The molecule has 2 atom stereocenters. The molecule has 5 nitrogen and oxygen atoms in total. The van der Waals surface area contributed by atoms with Crippen molar-refractivity contribution in [3.63, 3.8) is 0 Å². The molecule has 2 N–H and O–H groups in total. The van der Waals surface area contributed by atoms with Gasteiger partial charge in [-0.1, -0.05) is 30.3 Å². The second-order valence-corrected chi connectivity index (χ2v) is 5.46. The summed E-state index contributed by atoms with van der Waals surface area (Å²) in [5.41, 5.74) is 0.909. The average molecular weight is 295 g/mol. The Bertz CT molecular complexity index is 565. The molecule has 2 heterocycles. The van der Waals surface area contributed by atoms with Crippen molar-refractivity contribution in [1.29, 1.82) is 0 Å². The van der Waals surface area contributed by atoms with Crippen molar-refractivity contribution in [2.45, 2.75) is 18.5 Å². The lowest BCUT2D eigenvalue weighted by Gasteiger charge is -2.44. The van der Waals surface area contributed by atoms with Crippen molar-refractivity contribution in [1.82, 2.24) is 15.5 Å². The van der Waals surface area contributed by atoms with Crippen molar-refractivity contribution >= 4 is 11.9 Å². The number of rotatable bonds is 2. The highest BCUT2D eigenvalue weighted by atomic mass is 19.3. The van der Waals surface area contributed by atoms with Crippen LogP contribution in [0.2, 0.25) is 0 Å². The molecule has 2 unspecified atom stereocenters. The minimum Gasteiger partial charge on any atom is -0.328 e. The standard InChI is InChI=1S/C14H15F2N3O2/c15-14(16)8-19(6-9-4-2-1-3-5-9)7-10-11(14)17-13(21)18-12(10)20/h1-5,10-11H,6-8H2,(H2,17,18,20,21). The summed E-state index contributed by atoms with van der Waals surface area (Å²) in [6.45, 7) is 0.0682. The van der Waals surface area contributed by atoms with Gasteiger partial charge in [0.1, 0.15) is 6.04 Å². The molecule has 1 aromatic carbocycles. The van der Waals surface area contributed by atoms with Crippen LogP contribution < -0.4 is 10.6 Å². The van der Waals surface area contributed by atoms with E-state index in [1.807, 2.05) is 30.3 Å².